The minimum absolute atomic E-state index is 0.0405. The van der Waals surface area contributed by atoms with Crippen molar-refractivity contribution in [1.82, 2.24) is 4.90 Å². The maximum atomic E-state index is 12.1. The van der Waals surface area contributed by atoms with Gasteiger partial charge in [0.05, 0.1) is 0 Å². The fourth-order valence-corrected chi connectivity index (χ4v) is 2.55. The van der Waals surface area contributed by atoms with E-state index in [0.717, 1.165) is 18.4 Å². The normalized spacial score (nSPS) is 15.5. The summed E-state index contributed by atoms with van der Waals surface area (Å²) < 4.78 is 5.60. The molecule has 1 amide bonds. The summed E-state index contributed by atoms with van der Waals surface area (Å²) >= 11 is 0. The van der Waals surface area contributed by atoms with E-state index in [1.807, 2.05) is 36.2 Å². The quantitative estimate of drug-likeness (QED) is 0.882. The molecule has 0 saturated heterocycles. The van der Waals surface area contributed by atoms with Crippen LogP contribution in [0, 0.1) is 0 Å². The van der Waals surface area contributed by atoms with Crippen LogP contribution in [0.15, 0.2) is 24.3 Å². The molecule has 0 aliphatic heterocycles. The van der Waals surface area contributed by atoms with Gasteiger partial charge in [-0.25, -0.2) is 0 Å². The van der Waals surface area contributed by atoms with E-state index in [1.54, 1.807) is 0 Å². The van der Waals surface area contributed by atoms with Gasteiger partial charge in [-0.2, -0.15) is 0 Å². The van der Waals surface area contributed by atoms with E-state index >= 15 is 0 Å². The fraction of sp³-hybridized carbons (Fsp3) is 0.533. The van der Waals surface area contributed by atoms with E-state index in [2.05, 4.69) is 0 Å². The largest absolute Gasteiger partial charge is 0.483 e. The third-order valence-corrected chi connectivity index (χ3v) is 3.81. The summed E-state index contributed by atoms with van der Waals surface area (Å²) in [5, 5.41) is 0. The number of likely N-dealkylation sites (N-methyl/N-ethyl adjacent to an activating group) is 1. The molecule has 4 heteroatoms. The van der Waals surface area contributed by atoms with Gasteiger partial charge in [-0.1, -0.05) is 31.0 Å². The van der Waals surface area contributed by atoms with Gasteiger partial charge >= 0.3 is 0 Å². The zero-order valence-electron chi connectivity index (χ0n) is 11.5. The molecule has 2 rings (SSSR count). The van der Waals surface area contributed by atoms with Crippen molar-refractivity contribution in [1.29, 1.82) is 0 Å². The predicted octanol–water partition coefficient (Wildman–Crippen LogP) is 1.93. The van der Waals surface area contributed by atoms with E-state index in [9.17, 15) is 4.79 Å². The first-order chi connectivity index (χ1) is 9.22. The monoisotopic (exact) mass is 262 g/mol. The summed E-state index contributed by atoms with van der Waals surface area (Å²) in [7, 11) is 1.87. The van der Waals surface area contributed by atoms with Crippen LogP contribution in [0.3, 0.4) is 0 Å². The van der Waals surface area contributed by atoms with Crippen molar-refractivity contribution in [2.75, 3.05) is 13.7 Å². The van der Waals surface area contributed by atoms with E-state index < -0.39 is 0 Å². The van der Waals surface area contributed by atoms with E-state index in [4.69, 9.17) is 10.5 Å². The lowest BCUT2D eigenvalue weighted by Gasteiger charge is -2.24. The summed E-state index contributed by atoms with van der Waals surface area (Å²) in [4.78, 5) is 13.9. The standard InChI is InChI=1S/C15H22N2O2/c1-17(13-7-3-4-8-13)15(18)11-19-14-9-5-2-6-12(14)10-16/h2,5-6,9,13H,3-4,7-8,10-11,16H2,1H3. The molecule has 19 heavy (non-hydrogen) atoms. The van der Waals surface area contributed by atoms with Gasteiger partial charge in [-0.15, -0.1) is 0 Å². The molecule has 0 unspecified atom stereocenters. The second kappa shape index (κ2) is 6.57. The van der Waals surface area contributed by atoms with E-state index in [1.165, 1.54) is 12.8 Å². The summed E-state index contributed by atoms with van der Waals surface area (Å²) in [5.74, 6) is 0.747. The Balaban J connectivity index is 1.89. The first kappa shape index (κ1) is 13.9. The summed E-state index contributed by atoms with van der Waals surface area (Å²) in [5.41, 5.74) is 6.57. The fourth-order valence-electron chi connectivity index (χ4n) is 2.55. The second-order valence-corrected chi connectivity index (χ2v) is 5.04. The molecule has 0 heterocycles. The van der Waals surface area contributed by atoms with Crippen molar-refractivity contribution in [3.05, 3.63) is 29.8 Å². The first-order valence-corrected chi connectivity index (χ1v) is 6.89. The number of nitrogens with two attached hydrogens (primary N) is 1. The Labute approximate surface area is 114 Å². The number of amides is 1. The molecule has 0 spiro atoms. The Morgan fingerprint density at radius 3 is 2.74 bits per heavy atom. The molecular weight excluding hydrogens is 240 g/mol. The van der Waals surface area contributed by atoms with Crippen LogP contribution in [0.4, 0.5) is 0 Å². The Morgan fingerprint density at radius 2 is 2.05 bits per heavy atom. The molecule has 1 aromatic carbocycles. The van der Waals surface area contributed by atoms with Crippen molar-refractivity contribution in [3.63, 3.8) is 0 Å². The molecule has 1 aliphatic rings. The topological polar surface area (TPSA) is 55.6 Å². The maximum Gasteiger partial charge on any atom is 0.260 e. The van der Waals surface area contributed by atoms with Gasteiger partial charge in [0.25, 0.3) is 5.91 Å². The zero-order valence-corrected chi connectivity index (χ0v) is 11.5. The highest BCUT2D eigenvalue weighted by molar-refractivity contribution is 5.77. The van der Waals surface area contributed by atoms with Gasteiger partial charge in [0.1, 0.15) is 5.75 Å². The lowest BCUT2D eigenvalue weighted by atomic mass is 10.2. The van der Waals surface area contributed by atoms with Crippen LogP contribution in [0.1, 0.15) is 31.2 Å². The minimum atomic E-state index is 0.0405. The lowest BCUT2D eigenvalue weighted by Crippen LogP contribution is -2.38. The van der Waals surface area contributed by atoms with E-state index in [0.29, 0.717) is 18.3 Å². The van der Waals surface area contributed by atoms with Gasteiger partial charge in [0.2, 0.25) is 0 Å². The van der Waals surface area contributed by atoms with Crippen molar-refractivity contribution >= 4 is 5.91 Å². The van der Waals surface area contributed by atoms with E-state index in [-0.39, 0.29) is 12.5 Å². The predicted molar refractivity (Wildman–Crippen MR) is 74.9 cm³/mol. The molecule has 0 bridgehead atoms. The number of para-hydroxylation sites is 1. The van der Waals surface area contributed by atoms with Crippen LogP contribution in [0.5, 0.6) is 5.75 Å². The highest BCUT2D eigenvalue weighted by Crippen LogP contribution is 2.23. The van der Waals surface area contributed by atoms with Gasteiger partial charge in [0.15, 0.2) is 6.61 Å². The molecular formula is C15H22N2O2. The molecule has 1 aliphatic carbocycles. The SMILES string of the molecule is CN(C(=O)COc1ccccc1CN)C1CCCC1. The molecule has 2 N–H and O–H groups in total. The molecule has 0 aromatic heterocycles. The van der Waals surface area contributed by atoms with Crippen LogP contribution >= 0.6 is 0 Å². The van der Waals surface area contributed by atoms with Crippen molar-refractivity contribution in [3.8, 4) is 5.75 Å². The number of hydrogen-bond donors (Lipinski definition) is 1. The number of ether oxygens (including phenoxy) is 1. The lowest BCUT2D eigenvalue weighted by molar-refractivity contribution is -0.134. The van der Waals surface area contributed by atoms with Gasteiger partial charge in [-0.3, -0.25) is 4.79 Å². The van der Waals surface area contributed by atoms with Crippen molar-refractivity contribution in [2.24, 2.45) is 5.73 Å². The maximum absolute atomic E-state index is 12.1. The third-order valence-electron chi connectivity index (χ3n) is 3.81. The van der Waals surface area contributed by atoms with Crippen LogP contribution < -0.4 is 10.5 Å². The summed E-state index contributed by atoms with van der Waals surface area (Å²) in [6.07, 6.45) is 4.67. The number of hydrogen-bond acceptors (Lipinski definition) is 3. The number of carbonyl (C=O) groups excluding carboxylic acids is 1. The number of nitrogens with zero attached hydrogens (tertiary/aromatic N) is 1. The Kier molecular flexibility index (Phi) is 4.80. The van der Waals surface area contributed by atoms with Crippen LogP contribution in [0.2, 0.25) is 0 Å². The molecule has 4 nitrogen and oxygen atoms in total. The van der Waals surface area contributed by atoms with Gasteiger partial charge in [0, 0.05) is 25.2 Å². The van der Waals surface area contributed by atoms with Crippen molar-refractivity contribution in [2.45, 2.75) is 38.3 Å². The molecule has 0 radical (unpaired) electrons. The average Bonchev–Trinajstić information content (AvgIpc) is 2.98. The smallest absolute Gasteiger partial charge is 0.260 e. The molecule has 1 saturated carbocycles. The molecule has 1 fully saturated rings. The van der Waals surface area contributed by atoms with Crippen LogP contribution in [0.25, 0.3) is 0 Å². The number of benzene rings is 1. The summed E-state index contributed by atoms with van der Waals surface area (Å²) in [6, 6.07) is 7.97. The second-order valence-electron chi connectivity index (χ2n) is 5.04. The third kappa shape index (κ3) is 3.47. The Hall–Kier alpha value is -1.55. The molecule has 1 aromatic rings. The Bertz CT molecular complexity index is 428. The zero-order chi connectivity index (χ0) is 13.7. The van der Waals surface area contributed by atoms with Crippen molar-refractivity contribution < 1.29 is 9.53 Å². The Morgan fingerprint density at radius 1 is 1.37 bits per heavy atom. The number of rotatable bonds is 5. The highest BCUT2D eigenvalue weighted by Gasteiger charge is 2.23. The van der Waals surface area contributed by atoms with Crippen LogP contribution in [-0.4, -0.2) is 30.5 Å². The first-order valence-electron chi connectivity index (χ1n) is 6.89. The molecule has 104 valence electrons. The minimum Gasteiger partial charge on any atom is -0.483 e. The van der Waals surface area contributed by atoms with Gasteiger partial charge in [-0.05, 0) is 18.9 Å². The summed E-state index contributed by atoms with van der Waals surface area (Å²) in [6.45, 7) is 0.507. The average molecular weight is 262 g/mol. The highest BCUT2D eigenvalue weighted by atomic mass is 16.5. The molecule has 0 atom stereocenters. The van der Waals surface area contributed by atoms with Gasteiger partial charge < -0.3 is 15.4 Å². The van der Waals surface area contributed by atoms with Crippen LogP contribution in [-0.2, 0) is 11.3 Å². The number of carbonyl (C=O) groups is 1.